The number of carboxylic acids is 13. The highest BCUT2D eigenvalue weighted by Gasteiger charge is 2.40. The average Bonchev–Trinajstić information content (AvgIpc) is 0.879. The van der Waals surface area contributed by atoms with Crippen LogP contribution < -0.4 is 0 Å². The van der Waals surface area contributed by atoms with E-state index in [1.54, 1.807) is 27.7 Å². The van der Waals surface area contributed by atoms with Gasteiger partial charge in [0.1, 0.15) is 70.4 Å². The van der Waals surface area contributed by atoms with Crippen molar-refractivity contribution >= 4 is 135 Å². The zero-order valence-electron chi connectivity index (χ0n) is 73.1. The number of ketones is 10. The van der Waals surface area contributed by atoms with E-state index >= 15 is 0 Å². The van der Waals surface area contributed by atoms with Gasteiger partial charge in [0, 0.05) is 102 Å². The first-order chi connectivity index (χ1) is 57.2. The highest BCUT2D eigenvalue weighted by atomic mass is 16.4. The van der Waals surface area contributed by atoms with Crippen LogP contribution in [0, 0.1) is 5.92 Å². The van der Waals surface area contributed by atoms with Crippen LogP contribution in [0.15, 0.2) is 11.6 Å². The lowest BCUT2D eigenvalue weighted by Crippen LogP contribution is -2.49. The van der Waals surface area contributed by atoms with Crippen LogP contribution in [0.1, 0.15) is 339 Å². The second-order valence-electron chi connectivity index (χ2n) is 28.8. The molecular formula is C83H138O41. The Hall–Kier alpha value is -10.7. The second kappa shape index (κ2) is 88.7. The Kier molecular flexibility index (Phi) is 95.8. The summed E-state index contributed by atoms with van der Waals surface area (Å²) >= 11 is 0. The maximum atomic E-state index is 10.7. The van der Waals surface area contributed by atoms with Crippen LogP contribution >= 0.6 is 0 Å². The van der Waals surface area contributed by atoms with Gasteiger partial charge in [-0.2, -0.15) is 0 Å². The molecule has 0 bridgehead atoms. The zero-order chi connectivity index (χ0) is 98.6. The molecule has 0 radical (unpaired) electrons. The minimum atomic E-state index is -2.49. The van der Waals surface area contributed by atoms with E-state index in [2.05, 4.69) is 0 Å². The number of aliphatic hydroxyl groups is 5. The number of Topliss-reactive ketones (excluding diaryl/α,β-unsaturated/α-hetero) is 10. The predicted octanol–water partition coefficient (Wildman–Crippen LogP) is 8.96. The van der Waals surface area contributed by atoms with Gasteiger partial charge in [0.25, 0.3) is 0 Å². The lowest BCUT2D eigenvalue weighted by atomic mass is 9.94. The molecule has 0 rings (SSSR count). The molecular weight excluding hydrogens is 1650 g/mol. The third-order valence-electron chi connectivity index (χ3n) is 15.6. The van der Waals surface area contributed by atoms with Crippen molar-refractivity contribution in [3.63, 3.8) is 0 Å². The number of hydrogen-bond donors (Lipinski definition) is 18. The summed E-state index contributed by atoms with van der Waals surface area (Å²) in [7, 11) is 0. The Balaban J connectivity index is -0.000000146. The number of carboxylic acid groups (broad SMARTS) is 13. The van der Waals surface area contributed by atoms with E-state index in [0.29, 0.717) is 70.3 Å². The molecule has 6 unspecified atom stereocenters. The van der Waals surface area contributed by atoms with Crippen molar-refractivity contribution in [1.82, 2.24) is 0 Å². The lowest BCUT2D eigenvalue weighted by Gasteiger charge is -2.22. The van der Waals surface area contributed by atoms with Crippen LogP contribution in [0.2, 0.25) is 0 Å². The minimum absolute atomic E-state index is 0.0521. The van der Waals surface area contributed by atoms with Crippen molar-refractivity contribution < 1.29 is 202 Å². The molecule has 18 N–H and O–H groups in total. The van der Waals surface area contributed by atoms with Gasteiger partial charge in [0.15, 0.2) is 17.5 Å². The van der Waals surface area contributed by atoms with Gasteiger partial charge < -0.3 is 125 Å². The van der Waals surface area contributed by atoms with Crippen LogP contribution in [0.4, 0.5) is 0 Å². The second-order valence-corrected chi connectivity index (χ2v) is 28.8. The molecule has 124 heavy (non-hydrogen) atoms. The first kappa shape index (κ1) is 134. The van der Waals surface area contributed by atoms with Crippen LogP contribution in [0.3, 0.4) is 0 Å². The highest BCUT2D eigenvalue weighted by Crippen LogP contribution is 2.18. The molecule has 0 aromatic carbocycles. The summed E-state index contributed by atoms with van der Waals surface area (Å²) in [5, 5.41) is 153. The summed E-state index contributed by atoms with van der Waals surface area (Å²) in [4.78, 5) is 237. The van der Waals surface area contributed by atoms with Gasteiger partial charge in [-0.25, -0.2) is 19.2 Å². The highest BCUT2D eigenvalue weighted by molar-refractivity contribution is 5.99. The van der Waals surface area contributed by atoms with Crippen LogP contribution in [0.5, 0.6) is 0 Å². The van der Waals surface area contributed by atoms with Crippen molar-refractivity contribution in [2.75, 3.05) is 0 Å². The van der Waals surface area contributed by atoms with Crippen molar-refractivity contribution in [2.45, 2.75) is 369 Å². The van der Waals surface area contributed by atoms with Gasteiger partial charge >= 0.3 is 77.6 Å². The van der Waals surface area contributed by atoms with Gasteiger partial charge in [0.2, 0.25) is 0 Å². The molecule has 0 amide bonds. The molecule has 0 fully saturated rings. The molecule has 0 heterocycles. The maximum Gasteiger partial charge on any atom is 0.336 e. The number of aliphatic carboxylic acids is 13. The molecule has 41 heteroatoms. The first-order valence-electron chi connectivity index (χ1n) is 40.2. The first-order valence-corrected chi connectivity index (χ1v) is 40.2. The molecule has 0 aliphatic heterocycles. The largest absolute Gasteiger partial charge is 0.481 e. The predicted molar refractivity (Wildman–Crippen MR) is 441 cm³/mol. The molecule has 0 saturated carbocycles. The number of rotatable bonds is 62. The molecule has 6 atom stereocenters. The maximum absolute atomic E-state index is 10.7. The fourth-order valence-corrected chi connectivity index (χ4v) is 9.26. The summed E-state index contributed by atoms with van der Waals surface area (Å²) in [6.07, 6.45) is 18.0. The summed E-state index contributed by atoms with van der Waals surface area (Å²) in [6.45, 7) is 13.8. The zero-order valence-corrected chi connectivity index (χ0v) is 73.1. The summed E-state index contributed by atoms with van der Waals surface area (Å²) in [6, 6.07) is 0. The molecule has 0 aliphatic carbocycles. The normalized spacial score (nSPS) is 11.7. The van der Waals surface area contributed by atoms with E-state index in [-0.39, 0.29) is 91.2 Å². The number of aliphatic hydroxyl groups excluding tert-OH is 4. The van der Waals surface area contributed by atoms with Crippen molar-refractivity contribution in [3.8, 4) is 0 Å². The Bertz CT molecular complexity index is 3070. The number of carbonyl (C=O) groups excluding carboxylic acids is 10. The third-order valence-corrected chi connectivity index (χ3v) is 15.6. The monoisotopic (exact) mass is 1790 g/mol. The number of hydrogen-bond acceptors (Lipinski definition) is 28. The van der Waals surface area contributed by atoms with Gasteiger partial charge in [-0.05, 0) is 140 Å². The summed E-state index contributed by atoms with van der Waals surface area (Å²) < 4.78 is 0. The number of carbonyl (C=O) groups is 23. The average molecular weight is 1790 g/mol. The van der Waals surface area contributed by atoms with Crippen LogP contribution in [0.25, 0.3) is 0 Å². The standard InChI is InChI=1S/C13H24O3.C11H20O3.C10H18O3.C8H14O3.C7H12O7.C7H10O6.C7H10O5.C7H8O5.C7H12O3.C6H10O3/c1-12(14)10-8-6-4-2-3-5-7-9-11-13(15)16;1-10(12)8-6-4-2-3-5-7-9-11(13)14;1-9(11)7-5-3-2-4-6-8-10(12)13;1-7(9)5-3-2-4-6-8(10)11;1-2(8)3(9)4(10)5(11)6(12)7(13)14;1-4(8)2-7(13,6(11)12)3-5(9)10;2*1-4(8)2-5(7(11)12)3-6(9)10;1-6(8)4-2-3-5-7(9)10;1-5(7)3-2-4-6(8)9/h2-11H2,1H3,(H,15,16);2-9H2,1H3,(H,13,14);2-8H2,1H3,(H,12,13);2-6H2,1H3,(H,10,11);3-6,9-12H,1H3,(H,13,14);13H,2-3H2,1H3,(H,9,10)(H,11,12);5H,2-3H2,1H3,(H,9,10)(H,11,12);3H,2H2,1H3,(H,9,10)(H,11,12);2-5H2,1H3,(H,9,10);2-4H2,1H3,(H,8,9)/b;;;;;;;5-3-;;. The molecule has 0 aromatic heterocycles. The topological polar surface area (TPSA) is 757 Å². The molecule has 0 aliphatic rings. The van der Waals surface area contributed by atoms with Crippen molar-refractivity contribution in [2.24, 2.45) is 5.92 Å². The quantitative estimate of drug-likeness (QED) is 0.0199. The molecule has 0 aromatic rings. The SMILES string of the molecule is CC(=O)C(O)C(O)C(O)C(O)C(=O)O.CC(=O)C/C(=C/C(=O)O)C(=O)O.CC(=O)CC(CC(=O)O)C(=O)O.CC(=O)CC(O)(CC(=O)O)C(=O)O.CC(=O)CCCC(=O)O.CC(=O)CCCCC(=O)O.CC(=O)CCCCCC(=O)O.CC(=O)CCCCCCCC(=O)O.CC(=O)CCCCCCCCC(=O)O.CC(=O)CCCCCCCCCCC(=O)O. The van der Waals surface area contributed by atoms with Gasteiger partial charge in [-0.15, -0.1) is 0 Å². The van der Waals surface area contributed by atoms with Crippen molar-refractivity contribution in [3.05, 3.63) is 11.6 Å². The van der Waals surface area contributed by atoms with Gasteiger partial charge in [-0.3, -0.25) is 57.5 Å². The smallest absolute Gasteiger partial charge is 0.336 e. The van der Waals surface area contributed by atoms with Gasteiger partial charge in [-0.1, -0.05) is 89.9 Å². The summed E-state index contributed by atoms with van der Waals surface area (Å²) in [5.41, 5.74) is -2.90. The Morgan fingerprint density at radius 3 is 0.694 bits per heavy atom. The van der Waals surface area contributed by atoms with E-state index in [1.165, 1.54) is 47.0 Å². The third kappa shape index (κ3) is 125. The Morgan fingerprint density at radius 2 is 0.492 bits per heavy atom. The number of unbranched alkanes of at least 4 members (excludes halogenated alkanes) is 19. The molecule has 41 nitrogen and oxygen atoms in total. The fraction of sp³-hybridized carbons (Fsp3) is 0.699. The van der Waals surface area contributed by atoms with E-state index in [0.717, 1.165) is 136 Å². The minimum Gasteiger partial charge on any atom is -0.481 e. The Labute approximate surface area is 721 Å². The fourth-order valence-electron chi connectivity index (χ4n) is 9.26. The van der Waals surface area contributed by atoms with Crippen LogP contribution in [-0.2, 0) is 110 Å². The molecule has 0 saturated heterocycles. The van der Waals surface area contributed by atoms with E-state index in [1.807, 2.05) is 0 Å². The van der Waals surface area contributed by atoms with E-state index < -0.39 is 150 Å². The van der Waals surface area contributed by atoms with E-state index in [9.17, 15) is 115 Å². The van der Waals surface area contributed by atoms with E-state index in [4.69, 9.17) is 86.8 Å². The lowest BCUT2D eigenvalue weighted by molar-refractivity contribution is -0.167. The molecule has 0 spiro atoms. The van der Waals surface area contributed by atoms with Gasteiger partial charge in [0.05, 0.1) is 24.3 Å². The Morgan fingerprint density at radius 1 is 0.250 bits per heavy atom. The molecule has 716 valence electrons. The van der Waals surface area contributed by atoms with Crippen LogP contribution in [-0.4, -0.2) is 257 Å². The summed E-state index contributed by atoms with van der Waals surface area (Å²) in [5.74, 6) is -16.7. The van der Waals surface area contributed by atoms with Crippen molar-refractivity contribution in [1.29, 1.82) is 0 Å².